The number of aromatic nitrogens is 3. The van der Waals surface area contributed by atoms with E-state index in [1.165, 1.54) is 7.11 Å². The van der Waals surface area contributed by atoms with Gasteiger partial charge in [0.1, 0.15) is 5.82 Å². The molecule has 2 heterocycles. The normalized spacial score (nSPS) is 15.0. The van der Waals surface area contributed by atoms with E-state index in [0.29, 0.717) is 32.3 Å². The molecule has 1 aromatic carbocycles. The highest BCUT2D eigenvalue weighted by molar-refractivity contribution is 7.89. The van der Waals surface area contributed by atoms with Gasteiger partial charge in [-0.3, -0.25) is 0 Å². The summed E-state index contributed by atoms with van der Waals surface area (Å²) >= 11 is 5.65. The number of morpholine rings is 1. The van der Waals surface area contributed by atoms with Crippen LogP contribution in [0.1, 0.15) is 5.82 Å². The number of sulfonamides is 1. The lowest BCUT2D eigenvalue weighted by molar-refractivity contribution is 0.122. The Kier molecular flexibility index (Phi) is 6.05. The van der Waals surface area contributed by atoms with Crippen LogP contribution in [0.3, 0.4) is 0 Å². The van der Waals surface area contributed by atoms with Crippen LogP contribution >= 0.6 is 11.6 Å². The highest BCUT2D eigenvalue weighted by Crippen LogP contribution is 2.20. The van der Waals surface area contributed by atoms with E-state index in [4.69, 9.17) is 21.1 Å². The number of methoxy groups -OCH3 is 1. The number of hydrogen-bond donors (Lipinski definition) is 1. The van der Waals surface area contributed by atoms with Gasteiger partial charge in [0.05, 0.1) is 36.8 Å². The minimum absolute atomic E-state index is 0.0746. The zero-order valence-electron chi connectivity index (χ0n) is 14.4. The van der Waals surface area contributed by atoms with Crippen LogP contribution in [-0.2, 0) is 21.3 Å². The van der Waals surface area contributed by atoms with Gasteiger partial charge in [-0.2, -0.15) is 15.0 Å². The van der Waals surface area contributed by atoms with E-state index in [1.54, 1.807) is 0 Å². The van der Waals surface area contributed by atoms with Crippen LogP contribution in [-0.4, -0.2) is 56.8 Å². The van der Waals surface area contributed by atoms with Crippen LogP contribution in [0.2, 0.25) is 5.02 Å². The lowest BCUT2D eigenvalue weighted by Gasteiger charge is -2.26. The van der Waals surface area contributed by atoms with Crippen molar-refractivity contribution < 1.29 is 22.3 Å². The Hall–Kier alpha value is -2.08. The molecule has 1 N–H and O–H groups in total. The zero-order valence-corrected chi connectivity index (χ0v) is 15.9. The first kappa shape index (κ1) is 19.7. The fourth-order valence-electron chi connectivity index (χ4n) is 2.35. The smallest absolute Gasteiger partial charge is 0.321 e. The highest BCUT2D eigenvalue weighted by atomic mass is 35.5. The summed E-state index contributed by atoms with van der Waals surface area (Å²) in [6.07, 6.45) is 0. The van der Waals surface area contributed by atoms with Crippen molar-refractivity contribution in [3.63, 3.8) is 0 Å². The van der Waals surface area contributed by atoms with E-state index < -0.39 is 15.8 Å². The fraction of sp³-hybridized carbons (Fsp3) is 0.400. The summed E-state index contributed by atoms with van der Waals surface area (Å²) in [6.45, 7) is 2.09. The molecule has 27 heavy (non-hydrogen) atoms. The maximum Gasteiger partial charge on any atom is 0.321 e. The van der Waals surface area contributed by atoms with Crippen molar-refractivity contribution >= 4 is 27.6 Å². The SMILES string of the molecule is COc1nc(CNS(=O)(=O)c2ccc(F)c(Cl)c2)nc(N2CCOCC2)n1. The monoisotopic (exact) mass is 417 g/mol. The van der Waals surface area contributed by atoms with Gasteiger partial charge in [0, 0.05) is 13.1 Å². The molecule has 2 aromatic rings. The molecule has 0 atom stereocenters. The Bertz CT molecular complexity index is 924. The number of rotatable bonds is 6. The maximum absolute atomic E-state index is 13.2. The number of nitrogens with one attached hydrogen (secondary N) is 1. The Morgan fingerprint density at radius 3 is 2.70 bits per heavy atom. The van der Waals surface area contributed by atoms with Crippen LogP contribution in [0, 0.1) is 5.82 Å². The molecule has 146 valence electrons. The van der Waals surface area contributed by atoms with E-state index in [2.05, 4.69) is 19.7 Å². The zero-order chi connectivity index (χ0) is 19.4. The predicted octanol–water partition coefficient (Wildman–Crippen LogP) is 0.988. The molecule has 0 bridgehead atoms. The average Bonchev–Trinajstić information content (AvgIpc) is 2.69. The van der Waals surface area contributed by atoms with Crippen LogP contribution in [0.4, 0.5) is 10.3 Å². The third-order valence-corrected chi connectivity index (χ3v) is 5.44. The highest BCUT2D eigenvalue weighted by Gasteiger charge is 2.19. The summed E-state index contributed by atoms with van der Waals surface area (Å²) in [5.41, 5.74) is 0. The van der Waals surface area contributed by atoms with Crippen LogP contribution in [0.25, 0.3) is 0 Å². The summed E-state index contributed by atoms with van der Waals surface area (Å²) in [7, 11) is -2.52. The standard InChI is InChI=1S/C15H17ClFN5O4S/c1-25-15-20-13(19-14(21-15)22-4-6-26-7-5-22)9-18-27(23,24)10-2-3-12(17)11(16)8-10/h2-3,8,18H,4-7,9H2,1H3. The maximum atomic E-state index is 13.2. The molecular weight excluding hydrogens is 401 g/mol. The van der Waals surface area contributed by atoms with Crippen molar-refractivity contribution in [2.24, 2.45) is 0 Å². The Morgan fingerprint density at radius 2 is 2.04 bits per heavy atom. The van der Waals surface area contributed by atoms with Gasteiger partial charge in [-0.15, -0.1) is 0 Å². The molecule has 12 heteroatoms. The average molecular weight is 418 g/mol. The first-order valence-corrected chi connectivity index (χ1v) is 9.81. The quantitative estimate of drug-likeness (QED) is 0.741. The van der Waals surface area contributed by atoms with Gasteiger partial charge in [0.2, 0.25) is 16.0 Å². The van der Waals surface area contributed by atoms with Gasteiger partial charge in [-0.05, 0) is 18.2 Å². The molecule has 1 aromatic heterocycles. The molecule has 0 unspecified atom stereocenters. The number of anilines is 1. The number of halogens is 2. The van der Waals surface area contributed by atoms with Gasteiger partial charge in [0.15, 0.2) is 5.82 Å². The van der Waals surface area contributed by atoms with E-state index in [9.17, 15) is 12.8 Å². The molecule has 1 aliphatic rings. The number of ether oxygens (including phenoxy) is 2. The topological polar surface area (TPSA) is 107 Å². The van der Waals surface area contributed by atoms with E-state index in [0.717, 1.165) is 18.2 Å². The molecule has 1 fully saturated rings. The molecular formula is C15H17ClFN5O4S. The van der Waals surface area contributed by atoms with E-state index in [1.807, 2.05) is 4.90 Å². The fourth-order valence-corrected chi connectivity index (χ4v) is 3.60. The molecule has 1 saturated heterocycles. The van der Waals surface area contributed by atoms with E-state index >= 15 is 0 Å². The van der Waals surface area contributed by atoms with Crippen molar-refractivity contribution in [1.29, 1.82) is 0 Å². The summed E-state index contributed by atoms with van der Waals surface area (Å²) in [5.74, 6) is -0.141. The summed E-state index contributed by atoms with van der Waals surface area (Å²) in [6, 6.07) is 3.22. The van der Waals surface area contributed by atoms with Crippen molar-refractivity contribution in [1.82, 2.24) is 19.7 Å². The molecule has 0 aliphatic carbocycles. The van der Waals surface area contributed by atoms with Gasteiger partial charge in [-0.25, -0.2) is 17.5 Å². The molecule has 0 spiro atoms. The van der Waals surface area contributed by atoms with E-state index in [-0.39, 0.29) is 28.3 Å². The van der Waals surface area contributed by atoms with Crippen LogP contribution in [0.15, 0.2) is 23.1 Å². The predicted molar refractivity (Wildman–Crippen MR) is 94.8 cm³/mol. The molecule has 0 amide bonds. The molecule has 0 radical (unpaired) electrons. The second kappa shape index (κ2) is 8.30. The van der Waals surface area contributed by atoms with Crippen molar-refractivity contribution in [3.8, 4) is 6.01 Å². The summed E-state index contributed by atoms with van der Waals surface area (Å²) in [4.78, 5) is 14.3. The third-order valence-electron chi connectivity index (χ3n) is 3.75. The van der Waals surface area contributed by atoms with Gasteiger partial charge in [-0.1, -0.05) is 11.6 Å². The molecule has 0 saturated carbocycles. The van der Waals surface area contributed by atoms with Crippen LogP contribution < -0.4 is 14.4 Å². The third kappa shape index (κ3) is 4.80. The number of nitrogens with zero attached hydrogens (tertiary/aromatic N) is 4. The second-order valence-electron chi connectivity index (χ2n) is 5.54. The minimum atomic E-state index is -3.93. The van der Waals surface area contributed by atoms with Gasteiger partial charge >= 0.3 is 6.01 Å². The summed E-state index contributed by atoms with van der Waals surface area (Å²) in [5, 5.41) is -0.283. The number of benzene rings is 1. The lowest BCUT2D eigenvalue weighted by Crippen LogP contribution is -2.37. The molecule has 9 nitrogen and oxygen atoms in total. The van der Waals surface area contributed by atoms with Crippen molar-refractivity contribution in [3.05, 3.63) is 34.9 Å². The van der Waals surface area contributed by atoms with Gasteiger partial charge < -0.3 is 14.4 Å². The second-order valence-corrected chi connectivity index (χ2v) is 7.71. The lowest BCUT2D eigenvalue weighted by atomic mass is 10.3. The largest absolute Gasteiger partial charge is 0.467 e. The number of hydrogen-bond acceptors (Lipinski definition) is 8. The Labute approximate surface area is 160 Å². The van der Waals surface area contributed by atoms with Crippen LogP contribution in [0.5, 0.6) is 6.01 Å². The summed E-state index contributed by atoms with van der Waals surface area (Å²) < 4.78 is 50.7. The Balaban J connectivity index is 1.79. The molecule has 1 aliphatic heterocycles. The molecule has 3 rings (SSSR count). The first-order valence-electron chi connectivity index (χ1n) is 7.95. The minimum Gasteiger partial charge on any atom is -0.467 e. The Morgan fingerprint density at radius 1 is 1.30 bits per heavy atom. The first-order chi connectivity index (χ1) is 12.9. The van der Waals surface area contributed by atoms with Crippen molar-refractivity contribution in [2.45, 2.75) is 11.4 Å². The van der Waals surface area contributed by atoms with Gasteiger partial charge in [0.25, 0.3) is 0 Å². The van der Waals surface area contributed by atoms with Crippen molar-refractivity contribution in [2.75, 3.05) is 38.3 Å².